The van der Waals surface area contributed by atoms with Crippen LogP contribution < -0.4 is 15.8 Å². The topological polar surface area (TPSA) is 73.1 Å². The van der Waals surface area contributed by atoms with Gasteiger partial charge in [-0.05, 0) is 43.3 Å². The molecule has 0 bridgehead atoms. The summed E-state index contributed by atoms with van der Waals surface area (Å²) in [4.78, 5) is 0. The van der Waals surface area contributed by atoms with Gasteiger partial charge in [0.05, 0.1) is 12.7 Å². The van der Waals surface area contributed by atoms with E-state index in [1.807, 2.05) is 0 Å². The summed E-state index contributed by atoms with van der Waals surface area (Å²) in [6.07, 6.45) is 4.96. The Hall–Kier alpha value is -2.66. The molecule has 154 valence electrons. The van der Waals surface area contributed by atoms with Gasteiger partial charge in [0.25, 0.3) is 0 Å². The number of rotatable bonds is 5. The van der Waals surface area contributed by atoms with Gasteiger partial charge in [-0.25, -0.2) is 4.39 Å². The normalized spacial score (nSPS) is 9.31. The molecule has 0 fully saturated rings. The van der Waals surface area contributed by atoms with Crippen LogP contribution >= 0.6 is 22.9 Å². The first kappa shape index (κ1) is 24.4. The maximum absolute atomic E-state index is 15.1. The lowest BCUT2D eigenvalue weighted by Gasteiger charge is -2.13. The summed E-state index contributed by atoms with van der Waals surface area (Å²) in [5.74, 6) is 2.38. The minimum absolute atomic E-state index is 0.335. The molecule has 1 heterocycles. The van der Waals surface area contributed by atoms with Gasteiger partial charge in [-0.15, -0.1) is 22.5 Å². The van der Waals surface area contributed by atoms with E-state index in [-0.39, 0.29) is 5.82 Å². The van der Waals surface area contributed by atoms with Gasteiger partial charge in [-0.3, -0.25) is 0 Å². The minimum atomic E-state index is -0.335. The molecular formula is C21H24ClFN4OS. The number of nitrogens with two attached hydrogens (primary N) is 1. The van der Waals surface area contributed by atoms with Crippen molar-refractivity contribution in [2.45, 2.75) is 13.3 Å². The Bertz CT molecular complexity index is 956. The number of ether oxygens (including phenoxy) is 1. The quantitative estimate of drug-likeness (QED) is 0.561. The van der Waals surface area contributed by atoms with E-state index in [0.717, 1.165) is 5.01 Å². The first-order valence-corrected chi connectivity index (χ1v) is 9.80. The lowest BCUT2D eigenvalue weighted by atomic mass is 9.99. The molecule has 0 saturated heterocycles. The summed E-state index contributed by atoms with van der Waals surface area (Å²) in [6.45, 7) is 1.65. The number of nitrogens with zero attached hydrogens (tertiary/aromatic N) is 2. The molecule has 5 nitrogen and oxygen atoms in total. The molecule has 1 aromatic heterocycles. The van der Waals surface area contributed by atoms with Gasteiger partial charge in [0.15, 0.2) is 0 Å². The van der Waals surface area contributed by atoms with E-state index in [9.17, 15) is 0 Å². The van der Waals surface area contributed by atoms with Crippen molar-refractivity contribution in [3.8, 4) is 29.2 Å². The van der Waals surface area contributed by atoms with Crippen LogP contribution in [0.2, 0.25) is 5.02 Å². The first-order chi connectivity index (χ1) is 14.0. The van der Waals surface area contributed by atoms with E-state index in [1.165, 1.54) is 25.5 Å². The van der Waals surface area contributed by atoms with Crippen LogP contribution in [0.5, 0.6) is 5.75 Å². The highest BCUT2D eigenvalue weighted by molar-refractivity contribution is 7.15. The third kappa shape index (κ3) is 6.71. The third-order valence-electron chi connectivity index (χ3n) is 3.54. The molecule has 0 aliphatic heterocycles. The number of anilines is 1. The number of hydrogen-bond donors (Lipinski definition) is 2. The molecule has 29 heavy (non-hydrogen) atoms. The Morgan fingerprint density at radius 2 is 1.97 bits per heavy atom. The number of benzene rings is 2. The zero-order chi connectivity index (χ0) is 21.8. The number of nitrogens with one attached hydrogen (secondary N) is 1. The van der Waals surface area contributed by atoms with Crippen molar-refractivity contribution in [2.24, 2.45) is 5.73 Å². The fraction of sp³-hybridized carbons (Fsp3) is 0.238. The van der Waals surface area contributed by atoms with E-state index >= 15 is 4.39 Å². The number of halogens is 2. The zero-order valence-corrected chi connectivity index (χ0v) is 18.4. The Kier molecular flexibility index (Phi) is 10.7. The molecule has 0 spiro atoms. The van der Waals surface area contributed by atoms with E-state index < -0.39 is 0 Å². The Labute approximate surface area is 180 Å². The smallest absolute Gasteiger partial charge is 0.205 e. The van der Waals surface area contributed by atoms with Crippen LogP contribution in [0.25, 0.3) is 11.1 Å². The first-order valence-electron chi connectivity index (χ1n) is 8.60. The second kappa shape index (κ2) is 12.7. The predicted octanol–water partition coefficient (Wildman–Crippen LogP) is 4.85. The largest absolute Gasteiger partial charge is 0.496 e. The lowest BCUT2D eigenvalue weighted by molar-refractivity contribution is 0.413. The Balaban J connectivity index is 0.000000771. The van der Waals surface area contributed by atoms with Crippen molar-refractivity contribution in [1.82, 2.24) is 10.2 Å². The molecular weight excluding hydrogens is 411 g/mol. The van der Waals surface area contributed by atoms with Crippen molar-refractivity contribution >= 4 is 28.1 Å². The van der Waals surface area contributed by atoms with Gasteiger partial charge >= 0.3 is 0 Å². The molecule has 0 radical (unpaired) electrons. The van der Waals surface area contributed by atoms with Gasteiger partial charge in [0.1, 0.15) is 16.6 Å². The van der Waals surface area contributed by atoms with Crippen LogP contribution in [0, 0.1) is 18.2 Å². The van der Waals surface area contributed by atoms with Gasteiger partial charge in [0.2, 0.25) is 5.13 Å². The van der Waals surface area contributed by atoms with Crippen LogP contribution in [0.1, 0.15) is 17.5 Å². The van der Waals surface area contributed by atoms with Gasteiger partial charge in [0, 0.05) is 18.5 Å². The van der Waals surface area contributed by atoms with E-state index in [0.29, 0.717) is 39.0 Å². The summed E-state index contributed by atoms with van der Waals surface area (Å²) < 4.78 is 20.5. The standard InChI is InChI=1S/C17H15ClFN3OS.C3H4.CH5N/c1-20-17-22-21-14(24-17)9-11-6-7-13(23-2)15(16(11)19)10-4-3-5-12(18)8-10;1-3-2;1-2/h3-8H,9H2,1-2H3,(H,20,22);1H,2H3;2H2,1H3. The van der Waals surface area contributed by atoms with Crippen molar-refractivity contribution in [1.29, 1.82) is 0 Å². The summed E-state index contributed by atoms with van der Waals surface area (Å²) in [5.41, 5.74) is 6.10. The molecule has 3 rings (SSSR count). The maximum Gasteiger partial charge on any atom is 0.205 e. The average molecular weight is 435 g/mol. The number of hydrogen-bond acceptors (Lipinski definition) is 6. The molecule has 8 heteroatoms. The number of aromatic nitrogens is 2. The summed E-state index contributed by atoms with van der Waals surface area (Å²) in [6, 6.07) is 10.5. The van der Waals surface area contributed by atoms with Crippen LogP contribution in [-0.2, 0) is 6.42 Å². The molecule has 0 atom stereocenters. The number of terminal acetylenes is 1. The van der Waals surface area contributed by atoms with Gasteiger partial charge in [-0.1, -0.05) is 41.1 Å². The molecule has 2 aromatic carbocycles. The van der Waals surface area contributed by atoms with Crippen LogP contribution in [0.3, 0.4) is 0 Å². The average Bonchev–Trinajstić information content (AvgIpc) is 3.19. The minimum Gasteiger partial charge on any atom is -0.496 e. The van der Waals surface area contributed by atoms with E-state index in [1.54, 1.807) is 50.4 Å². The fourth-order valence-electron chi connectivity index (χ4n) is 2.41. The zero-order valence-electron chi connectivity index (χ0n) is 16.8. The van der Waals surface area contributed by atoms with Crippen molar-refractivity contribution in [2.75, 3.05) is 26.5 Å². The molecule has 0 saturated carbocycles. The highest BCUT2D eigenvalue weighted by Crippen LogP contribution is 2.36. The fourth-order valence-corrected chi connectivity index (χ4v) is 3.32. The molecule has 3 aromatic rings. The van der Waals surface area contributed by atoms with Gasteiger partial charge < -0.3 is 15.8 Å². The second-order valence-corrected chi connectivity index (χ2v) is 6.84. The molecule has 0 unspecified atom stereocenters. The second-order valence-electron chi connectivity index (χ2n) is 5.34. The van der Waals surface area contributed by atoms with Crippen LogP contribution in [0.4, 0.5) is 9.52 Å². The molecule has 3 N–H and O–H groups in total. The van der Waals surface area contributed by atoms with E-state index in [4.69, 9.17) is 16.3 Å². The molecule has 0 aliphatic carbocycles. The Morgan fingerprint density at radius 1 is 1.28 bits per heavy atom. The van der Waals surface area contributed by atoms with E-state index in [2.05, 4.69) is 33.6 Å². The van der Waals surface area contributed by atoms with Gasteiger partial charge in [-0.2, -0.15) is 0 Å². The monoisotopic (exact) mass is 434 g/mol. The molecule has 0 amide bonds. The highest BCUT2D eigenvalue weighted by Gasteiger charge is 2.17. The maximum atomic E-state index is 15.1. The summed E-state index contributed by atoms with van der Waals surface area (Å²) >= 11 is 7.44. The third-order valence-corrected chi connectivity index (χ3v) is 4.72. The number of methoxy groups -OCH3 is 1. The predicted molar refractivity (Wildman–Crippen MR) is 120 cm³/mol. The van der Waals surface area contributed by atoms with Crippen molar-refractivity contribution in [3.05, 3.63) is 57.8 Å². The molecule has 0 aliphatic rings. The highest BCUT2D eigenvalue weighted by atomic mass is 35.5. The summed E-state index contributed by atoms with van der Waals surface area (Å²) in [7, 11) is 4.79. The summed E-state index contributed by atoms with van der Waals surface area (Å²) in [5, 5.41) is 13.0. The van der Waals surface area contributed by atoms with Crippen molar-refractivity contribution in [3.63, 3.8) is 0 Å². The SMILES string of the molecule is C#CC.CN.CNc1nnc(Cc2ccc(OC)c(-c3cccc(Cl)c3)c2F)s1. The lowest BCUT2D eigenvalue weighted by Crippen LogP contribution is -1.98. The van der Waals surface area contributed by atoms with Crippen LogP contribution in [-0.4, -0.2) is 31.4 Å². The van der Waals surface area contributed by atoms with Crippen LogP contribution in [0.15, 0.2) is 36.4 Å². The Morgan fingerprint density at radius 3 is 2.52 bits per heavy atom. The van der Waals surface area contributed by atoms with Crippen molar-refractivity contribution < 1.29 is 9.13 Å².